The molecule has 0 fully saturated rings. The maximum absolute atomic E-state index is 4.71. The van der Waals surface area contributed by atoms with Gasteiger partial charge >= 0.3 is 0 Å². The Labute approximate surface area is 127 Å². The number of nitrogens with zero attached hydrogens (tertiary/aromatic N) is 1. The van der Waals surface area contributed by atoms with Crippen molar-refractivity contribution < 1.29 is 0 Å². The molecule has 0 saturated carbocycles. The van der Waals surface area contributed by atoms with Crippen molar-refractivity contribution in [3.63, 3.8) is 0 Å². The van der Waals surface area contributed by atoms with Gasteiger partial charge in [0.15, 0.2) is 0 Å². The van der Waals surface area contributed by atoms with E-state index in [0.717, 1.165) is 34.7 Å². The van der Waals surface area contributed by atoms with E-state index in [9.17, 15) is 0 Å². The second kappa shape index (κ2) is 6.64. The molecule has 4 heteroatoms. The highest BCUT2D eigenvalue weighted by molar-refractivity contribution is 9.10. The van der Waals surface area contributed by atoms with Crippen LogP contribution in [0.25, 0.3) is 10.6 Å². The van der Waals surface area contributed by atoms with Gasteiger partial charge in [-0.3, -0.25) is 0 Å². The third-order valence-electron chi connectivity index (χ3n) is 3.02. The summed E-state index contributed by atoms with van der Waals surface area (Å²) in [7, 11) is 0. The monoisotopic (exact) mass is 338 g/mol. The van der Waals surface area contributed by atoms with Crippen LogP contribution < -0.4 is 5.32 Å². The second-order valence-corrected chi connectivity index (χ2v) is 6.66. The zero-order valence-corrected chi connectivity index (χ0v) is 14.0. The number of hydrogen-bond acceptors (Lipinski definition) is 3. The molecule has 0 unspecified atom stereocenters. The van der Waals surface area contributed by atoms with Crippen molar-refractivity contribution in [3.05, 3.63) is 38.8 Å². The minimum Gasteiger partial charge on any atom is -0.312 e. The van der Waals surface area contributed by atoms with Gasteiger partial charge in [-0.1, -0.05) is 28.9 Å². The van der Waals surface area contributed by atoms with Gasteiger partial charge in [0, 0.05) is 21.5 Å². The van der Waals surface area contributed by atoms with Crippen LogP contribution in [0.5, 0.6) is 0 Å². The first-order chi connectivity index (χ1) is 9.11. The van der Waals surface area contributed by atoms with Crippen molar-refractivity contribution in [2.75, 3.05) is 6.54 Å². The lowest BCUT2D eigenvalue weighted by Crippen LogP contribution is -2.13. The molecule has 0 aliphatic heterocycles. The van der Waals surface area contributed by atoms with Crippen LogP contribution in [0.1, 0.15) is 29.5 Å². The third-order valence-corrected chi connectivity index (χ3v) is 4.71. The van der Waals surface area contributed by atoms with E-state index < -0.39 is 0 Å². The van der Waals surface area contributed by atoms with Gasteiger partial charge in [-0.05, 0) is 44.5 Å². The van der Waals surface area contributed by atoms with Crippen molar-refractivity contribution in [1.29, 1.82) is 0 Å². The first-order valence-electron chi connectivity index (χ1n) is 6.55. The molecule has 0 bridgehead atoms. The van der Waals surface area contributed by atoms with Crippen molar-refractivity contribution in [2.24, 2.45) is 0 Å². The third kappa shape index (κ3) is 3.65. The van der Waals surface area contributed by atoms with Crippen LogP contribution in [-0.4, -0.2) is 11.5 Å². The standard InChI is InChI=1S/C15H19BrN2S/c1-4-7-17-9-14-11(3)18-15(19-14)13-6-5-12(16)8-10(13)2/h5-6,8,17H,4,7,9H2,1-3H3. The lowest BCUT2D eigenvalue weighted by atomic mass is 10.1. The first-order valence-corrected chi connectivity index (χ1v) is 8.16. The van der Waals surface area contributed by atoms with Crippen LogP contribution in [0.3, 0.4) is 0 Å². The Morgan fingerprint density at radius 1 is 1.32 bits per heavy atom. The first kappa shape index (κ1) is 14.7. The normalized spacial score (nSPS) is 10.9. The predicted molar refractivity (Wildman–Crippen MR) is 86.7 cm³/mol. The largest absolute Gasteiger partial charge is 0.312 e. The number of aryl methyl sites for hydroxylation is 2. The lowest BCUT2D eigenvalue weighted by Gasteiger charge is -2.02. The highest BCUT2D eigenvalue weighted by atomic mass is 79.9. The Bertz CT molecular complexity index is 563. The molecule has 0 aliphatic rings. The van der Waals surface area contributed by atoms with E-state index in [1.807, 2.05) is 0 Å². The fraction of sp³-hybridized carbons (Fsp3) is 0.400. The fourth-order valence-electron chi connectivity index (χ4n) is 1.95. The number of hydrogen-bond donors (Lipinski definition) is 1. The molecule has 2 rings (SSSR count). The van der Waals surface area contributed by atoms with Gasteiger partial charge in [0.05, 0.1) is 5.69 Å². The van der Waals surface area contributed by atoms with E-state index in [0.29, 0.717) is 0 Å². The van der Waals surface area contributed by atoms with Crippen molar-refractivity contribution in [1.82, 2.24) is 10.3 Å². The van der Waals surface area contributed by atoms with Crippen molar-refractivity contribution in [3.8, 4) is 10.6 Å². The summed E-state index contributed by atoms with van der Waals surface area (Å²) in [5.41, 5.74) is 3.64. The minimum absolute atomic E-state index is 0.924. The molecule has 1 N–H and O–H groups in total. The summed E-state index contributed by atoms with van der Waals surface area (Å²) in [6, 6.07) is 6.36. The van der Waals surface area contributed by atoms with Gasteiger partial charge in [-0.25, -0.2) is 4.98 Å². The highest BCUT2D eigenvalue weighted by Crippen LogP contribution is 2.31. The summed E-state index contributed by atoms with van der Waals surface area (Å²) in [4.78, 5) is 6.05. The van der Waals surface area contributed by atoms with Crippen molar-refractivity contribution >= 4 is 27.3 Å². The molecule has 0 amide bonds. The number of aromatic nitrogens is 1. The van der Waals surface area contributed by atoms with Gasteiger partial charge in [0.2, 0.25) is 0 Å². The molecular weight excluding hydrogens is 320 g/mol. The molecule has 1 aromatic carbocycles. The molecule has 1 aromatic heterocycles. The average molecular weight is 339 g/mol. The number of rotatable bonds is 5. The highest BCUT2D eigenvalue weighted by Gasteiger charge is 2.11. The molecule has 0 atom stereocenters. The van der Waals surface area contributed by atoms with Gasteiger partial charge in [-0.2, -0.15) is 0 Å². The molecule has 1 heterocycles. The smallest absolute Gasteiger partial charge is 0.124 e. The second-order valence-electron chi connectivity index (χ2n) is 4.66. The van der Waals surface area contributed by atoms with Crippen LogP contribution in [0.2, 0.25) is 0 Å². The zero-order chi connectivity index (χ0) is 13.8. The van der Waals surface area contributed by atoms with Crippen LogP contribution in [0.15, 0.2) is 22.7 Å². The molecule has 0 aliphatic carbocycles. The molecular formula is C15H19BrN2S. The molecule has 2 aromatic rings. The van der Waals surface area contributed by atoms with Gasteiger partial charge in [0.1, 0.15) is 5.01 Å². The van der Waals surface area contributed by atoms with Gasteiger partial charge < -0.3 is 5.32 Å². The SMILES string of the molecule is CCCNCc1sc(-c2ccc(Br)cc2C)nc1C. The Morgan fingerprint density at radius 3 is 2.79 bits per heavy atom. The number of nitrogens with one attached hydrogen (secondary N) is 1. The summed E-state index contributed by atoms with van der Waals surface area (Å²) in [5.74, 6) is 0. The fourth-order valence-corrected chi connectivity index (χ4v) is 3.55. The van der Waals surface area contributed by atoms with Gasteiger partial charge in [-0.15, -0.1) is 11.3 Å². The van der Waals surface area contributed by atoms with E-state index >= 15 is 0 Å². The summed E-state index contributed by atoms with van der Waals surface area (Å²) in [6.07, 6.45) is 1.16. The zero-order valence-electron chi connectivity index (χ0n) is 11.6. The molecule has 0 spiro atoms. The quantitative estimate of drug-likeness (QED) is 0.800. The van der Waals surface area contributed by atoms with Crippen LogP contribution >= 0.6 is 27.3 Å². The molecule has 0 radical (unpaired) electrons. The minimum atomic E-state index is 0.924. The van der Waals surface area contributed by atoms with E-state index in [1.165, 1.54) is 16.0 Å². The summed E-state index contributed by atoms with van der Waals surface area (Å²) in [6.45, 7) is 8.39. The Morgan fingerprint density at radius 2 is 2.11 bits per heavy atom. The Kier molecular flexibility index (Phi) is 5.13. The van der Waals surface area contributed by atoms with Crippen molar-refractivity contribution in [2.45, 2.75) is 33.7 Å². The Balaban J connectivity index is 2.23. The Hall–Kier alpha value is -0.710. The maximum Gasteiger partial charge on any atom is 0.124 e. The topological polar surface area (TPSA) is 24.9 Å². The number of thiazole rings is 1. The number of halogens is 1. The molecule has 0 saturated heterocycles. The van der Waals surface area contributed by atoms with Crippen LogP contribution in [0, 0.1) is 13.8 Å². The van der Waals surface area contributed by atoms with E-state index in [1.54, 1.807) is 11.3 Å². The molecule has 19 heavy (non-hydrogen) atoms. The molecule has 102 valence electrons. The summed E-state index contributed by atoms with van der Waals surface area (Å²) in [5, 5.41) is 4.56. The average Bonchev–Trinajstić information content (AvgIpc) is 2.71. The van der Waals surface area contributed by atoms with Crippen LogP contribution in [0.4, 0.5) is 0 Å². The van der Waals surface area contributed by atoms with Crippen LogP contribution in [-0.2, 0) is 6.54 Å². The van der Waals surface area contributed by atoms with E-state index in [4.69, 9.17) is 4.98 Å². The summed E-state index contributed by atoms with van der Waals surface area (Å²) >= 11 is 5.30. The predicted octanol–water partition coefficient (Wildman–Crippen LogP) is 4.69. The van der Waals surface area contributed by atoms with E-state index in [2.05, 4.69) is 60.2 Å². The van der Waals surface area contributed by atoms with Gasteiger partial charge in [0.25, 0.3) is 0 Å². The lowest BCUT2D eigenvalue weighted by molar-refractivity contribution is 0.678. The maximum atomic E-state index is 4.71. The number of benzene rings is 1. The summed E-state index contributed by atoms with van der Waals surface area (Å²) < 4.78 is 1.12. The molecule has 2 nitrogen and oxygen atoms in total. The van der Waals surface area contributed by atoms with E-state index in [-0.39, 0.29) is 0 Å².